The van der Waals surface area contributed by atoms with E-state index in [0.717, 1.165) is 22.4 Å². The highest BCUT2D eigenvalue weighted by Crippen LogP contribution is 2.47. The first-order valence-corrected chi connectivity index (χ1v) is 8.70. The summed E-state index contributed by atoms with van der Waals surface area (Å²) in [5, 5.41) is 6.48. The number of hydrogen-bond acceptors (Lipinski definition) is 2. The van der Waals surface area contributed by atoms with Gasteiger partial charge in [-0.2, -0.15) is 0 Å². The molecule has 0 aromatic heterocycles. The number of benzene rings is 2. The lowest BCUT2D eigenvalue weighted by Gasteiger charge is -2.18. The fourth-order valence-electron chi connectivity index (χ4n) is 2.88. The zero-order chi connectivity index (χ0) is 18.0. The van der Waals surface area contributed by atoms with Crippen molar-refractivity contribution in [2.75, 3.05) is 5.32 Å². The van der Waals surface area contributed by atoms with E-state index in [1.54, 1.807) is 12.1 Å². The fraction of sp³-hybridized carbons (Fsp3) is 0.300. The summed E-state index contributed by atoms with van der Waals surface area (Å²) in [4.78, 5) is 25.3. The van der Waals surface area contributed by atoms with Gasteiger partial charge in [0.15, 0.2) is 0 Å². The van der Waals surface area contributed by atoms with Crippen molar-refractivity contribution in [3.05, 3.63) is 64.2 Å². The molecule has 130 valence electrons. The molecule has 0 unspecified atom stereocenters. The van der Waals surface area contributed by atoms with Gasteiger partial charge in [0.25, 0.3) is 0 Å². The molecule has 2 amide bonds. The minimum absolute atomic E-state index is 0.216. The lowest BCUT2D eigenvalue weighted by atomic mass is 10.0. The van der Waals surface area contributed by atoms with E-state index in [1.807, 2.05) is 44.2 Å². The normalized spacial score (nSPS) is 14.7. The zero-order valence-corrected chi connectivity index (χ0v) is 15.1. The molecule has 25 heavy (non-hydrogen) atoms. The van der Waals surface area contributed by atoms with Gasteiger partial charge in [0.1, 0.15) is 5.41 Å². The first kappa shape index (κ1) is 17.5. The molecule has 0 saturated heterocycles. The number of halogens is 1. The summed E-state index contributed by atoms with van der Waals surface area (Å²) in [6, 6.07) is 13.1. The van der Waals surface area contributed by atoms with Crippen LogP contribution in [0.1, 0.15) is 29.5 Å². The van der Waals surface area contributed by atoms with Gasteiger partial charge in [0.2, 0.25) is 11.8 Å². The Bertz CT molecular complexity index is 791. The second kappa shape index (κ2) is 6.89. The summed E-state index contributed by atoms with van der Waals surface area (Å²) in [7, 11) is 0. The van der Waals surface area contributed by atoms with Crippen molar-refractivity contribution in [1.29, 1.82) is 0 Å². The molecule has 2 aromatic rings. The van der Waals surface area contributed by atoms with Crippen LogP contribution in [-0.2, 0) is 16.1 Å². The predicted molar refractivity (Wildman–Crippen MR) is 99.5 cm³/mol. The summed E-state index contributed by atoms with van der Waals surface area (Å²) >= 11 is 5.86. The summed E-state index contributed by atoms with van der Waals surface area (Å²) < 4.78 is 0. The summed E-state index contributed by atoms with van der Waals surface area (Å²) in [6.07, 6.45) is 1.16. The quantitative estimate of drug-likeness (QED) is 0.796. The molecule has 2 aromatic carbocycles. The summed E-state index contributed by atoms with van der Waals surface area (Å²) in [5.41, 5.74) is 2.78. The van der Waals surface area contributed by atoms with Crippen molar-refractivity contribution in [3.63, 3.8) is 0 Å². The highest BCUT2D eigenvalue weighted by atomic mass is 35.5. The van der Waals surface area contributed by atoms with Crippen LogP contribution in [0, 0.1) is 19.3 Å². The third-order valence-electron chi connectivity index (χ3n) is 4.71. The smallest absolute Gasteiger partial charge is 0.240 e. The second-order valence-electron chi connectivity index (χ2n) is 6.61. The van der Waals surface area contributed by atoms with Crippen LogP contribution in [-0.4, -0.2) is 11.8 Å². The van der Waals surface area contributed by atoms with Crippen LogP contribution in [0.4, 0.5) is 5.69 Å². The summed E-state index contributed by atoms with van der Waals surface area (Å²) in [5.74, 6) is -0.440. The fourth-order valence-corrected chi connectivity index (χ4v) is 3.01. The molecule has 3 rings (SSSR count). The standard InChI is InChI=1S/C20H21ClN2O2/c1-13-4-3-5-14(2)17(13)23-19(25)20(10-11-20)18(24)22-12-15-6-8-16(21)9-7-15/h3-9H,10-12H2,1-2H3,(H,22,24)(H,23,25). The molecule has 0 spiro atoms. The molecule has 1 fully saturated rings. The second-order valence-corrected chi connectivity index (χ2v) is 7.05. The average molecular weight is 357 g/mol. The molecule has 2 N–H and O–H groups in total. The molecule has 0 heterocycles. The van der Waals surface area contributed by atoms with Gasteiger partial charge >= 0.3 is 0 Å². The molecule has 1 aliphatic carbocycles. The van der Waals surface area contributed by atoms with Gasteiger partial charge in [-0.3, -0.25) is 9.59 Å². The molecule has 0 aliphatic heterocycles. The van der Waals surface area contributed by atoms with Crippen molar-refractivity contribution >= 4 is 29.1 Å². The Morgan fingerprint density at radius 1 is 1.00 bits per heavy atom. The number of amides is 2. The number of aryl methyl sites for hydroxylation is 2. The SMILES string of the molecule is Cc1cccc(C)c1NC(=O)C1(C(=O)NCc2ccc(Cl)cc2)CC1. The number of anilines is 1. The van der Waals surface area contributed by atoms with E-state index in [2.05, 4.69) is 10.6 Å². The van der Waals surface area contributed by atoms with E-state index in [9.17, 15) is 9.59 Å². The third kappa shape index (κ3) is 3.69. The highest BCUT2D eigenvalue weighted by molar-refractivity contribution is 6.30. The Kier molecular flexibility index (Phi) is 4.82. The van der Waals surface area contributed by atoms with Crippen molar-refractivity contribution in [3.8, 4) is 0 Å². The maximum absolute atomic E-state index is 12.7. The highest BCUT2D eigenvalue weighted by Gasteiger charge is 2.56. The van der Waals surface area contributed by atoms with Gasteiger partial charge in [-0.05, 0) is 55.5 Å². The van der Waals surface area contributed by atoms with Crippen molar-refractivity contribution in [1.82, 2.24) is 5.32 Å². The number of carbonyl (C=O) groups excluding carboxylic acids is 2. The van der Waals surface area contributed by atoms with E-state index < -0.39 is 5.41 Å². The number of carbonyl (C=O) groups is 2. The Labute approximate surface area is 152 Å². The number of rotatable bonds is 5. The topological polar surface area (TPSA) is 58.2 Å². The van der Waals surface area contributed by atoms with Gasteiger partial charge in [-0.1, -0.05) is 41.9 Å². The minimum atomic E-state index is -0.943. The first-order chi connectivity index (χ1) is 11.9. The molecule has 5 heteroatoms. The molecular weight excluding hydrogens is 336 g/mol. The van der Waals surface area contributed by atoms with Crippen LogP contribution in [0.3, 0.4) is 0 Å². The molecule has 1 saturated carbocycles. The van der Waals surface area contributed by atoms with Crippen molar-refractivity contribution in [2.24, 2.45) is 5.41 Å². The largest absolute Gasteiger partial charge is 0.351 e. The van der Waals surface area contributed by atoms with Gasteiger partial charge in [-0.25, -0.2) is 0 Å². The predicted octanol–water partition coefficient (Wildman–Crippen LogP) is 3.99. The molecule has 0 radical (unpaired) electrons. The summed E-state index contributed by atoms with van der Waals surface area (Å²) in [6.45, 7) is 4.28. The Balaban J connectivity index is 1.65. The van der Waals surface area contributed by atoms with Crippen LogP contribution >= 0.6 is 11.6 Å². The monoisotopic (exact) mass is 356 g/mol. The number of nitrogens with one attached hydrogen (secondary N) is 2. The first-order valence-electron chi connectivity index (χ1n) is 8.33. The van der Waals surface area contributed by atoms with Gasteiger partial charge in [0, 0.05) is 17.3 Å². The van der Waals surface area contributed by atoms with Gasteiger partial charge in [-0.15, -0.1) is 0 Å². The van der Waals surface area contributed by atoms with Crippen molar-refractivity contribution in [2.45, 2.75) is 33.2 Å². The molecule has 4 nitrogen and oxygen atoms in total. The van der Waals surface area contributed by atoms with E-state index in [-0.39, 0.29) is 11.8 Å². The van der Waals surface area contributed by atoms with E-state index in [1.165, 1.54) is 0 Å². The van der Waals surface area contributed by atoms with E-state index >= 15 is 0 Å². The Morgan fingerprint density at radius 3 is 2.16 bits per heavy atom. The van der Waals surface area contributed by atoms with E-state index in [0.29, 0.717) is 24.4 Å². The lowest BCUT2D eigenvalue weighted by molar-refractivity contribution is -0.134. The molecule has 1 aliphatic rings. The Morgan fingerprint density at radius 2 is 1.60 bits per heavy atom. The van der Waals surface area contributed by atoms with Crippen LogP contribution in [0.15, 0.2) is 42.5 Å². The van der Waals surface area contributed by atoms with Crippen molar-refractivity contribution < 1.29 is 9.59 Å². The Hall–Kier alpha value is -2.33. The molecular formula is C20H21ClN2O2. The molecule has 0 atom stereocenters. The van der Waals surface area contributed by atoms with Crippen LogP contribution in [0.25, 0.3) is 0 Å². The average Bonchev–Trinajstić information content (AvgIpc) is 3.39. The zero-order valence-electron chi connectivity index (χ0n) is 14.4. The number of hydrogen-bond donors (Lipinski definition) is 2. The number of para-hydroxylation sites is 1. The van der Waals surface area contributed by atoms with Crippen LogP contribution in [0.5, 0.6) is 0 Å². The molecule has 0 bridgehead atoms. The van der Waals surface area contributed by atoms with Crippen LogP contribution in [0.2, 0.25) is 5.02 Å². The maximum atomic E-state index is 12.7. The minimum Gasteiger partial charge on any atom is -0.351 e. The lowest BCUT2D eigenvalue weighted by Crippen LogP contribution is -2.39. The maximum Gasteiger partial charge on any atom is 0.240 e. The van der Waals surface area contributed by atoms with E-state index in [4.69, 9.17) is 11.6 Å². The van der Waals surface area contributed by atoms with Gasteiger partial charge in [0.05, 0.1) is 0 Å². The van der Waals surface area contributed by atoms with Gasteiger partial charge < -0.3 is 10.6 Å². The third-order valence-corrected chi connectivity index (χ3v) is 4.96. The van der Waals surface area contributed by atoms with Crippen LogP contribution < -0.4 is 10.6 Å².